The first-order valence-electron chi connectivity index (χ1n) is 5.83. The van der Waals surface area contributed by atoms with Gasteiger partial charge in [0.15, 0.2) is 0 Å². The zero-order chi connectivity index (χ0) is 13.7. The first-order valence-corrected chi connectivity index (χ1v) is 5.83. The molecule has 0 unspecified atom stereocenters. The largest absolute Gasteiger partial charge is 0.478 e. The van der Waals surface area contributed by atoms with Gasteiger partial charge in [-0.1, -0.05) is 0 Å². The van der Waals surface area contributed by atoms with Crippen molar-refractivity contribution in [1.29, 1.82) is 0 Å². The molecule has 6 nitrogen and oxygen atoms in total. The Balaban J connectivity index is 2.60. The number of carboxylic acids is 1. The average molecular weight is 253 g/mol. The number of aromatic nitrogens is 1. The van der Waals surface area contributed by atoms with Gasteiger partial charge in [-0.2, -0.15) is 0 Å². The van der Waals surface area contributed by atoms with Crippen molar-refractivity contribution in [3.05, 3.63) is 23.0 Å². The molecule has 18 heavy (non-hydrogen) atoms. The number of nitrogens with zero attached hydrogens (tertiary/aromatic N) is 1. The molecule has 0 saturated heterocycles. The van der Waals surface area contributed by atoms with Crippen LogP contribution in [0.5, 0.6) is 0 Å². The van der Waals surface area contributed by atoms with E-state index in [4.69, 9.17) is 5.11 Å². The van der Waals surface area contributed by atoms with Crippen molar-refractivity contribution in [2.75, 3.05) is 13.1 Å². The average Bonchev–Trinajstić information content (AvgIpc) is 2.58. The fraction of sp³-hybridized carbons (Fsp3) is 0.500. The number of nitrogens with one attached hydrogen (secondary N) is 2. The molecule has 1 aromatic rings. The van der Waals surface area contributed by atoms with Gasteiger partial charge >= 0.3 is 5.97 Å². The van der Waals surface area contributed by atoms with Gasteiger partial charge in [0.2, 0.25) is 5.91 Å². The summed E-state index contributed by atoms with van der Waals surface area (Å²) in [5.41, 5.74) is 1.85. The third-order valence-corrected chi connectivity index (χ3v) is 2.83. The molecule has 6 heteroatoms. The van der Waals surface area contributed by atoms with E-state index in [0.29, 0.717) is 24.3 Å². The summed E-state index contributed by atoms with van der Waals surface area (Å²) < 4.78 is 1.81. The summed E-state index contributed by atoms with van der Waals surface area (Å²) in [6.45, 7) is 4.91. The summed E-state index contributed by atoms with van der Waals surface area (Å²) in [7, 11) is 1.81. The van der Waals surface area contributed by atoms with Gasteiger partial charge in [0.05, 0.1) is 12.1 Å². The highest BCUT2D eigenvalue weighted by molar-refractivity contribution is 5.89. The van der Waals surface area contributed by atoms with Crippen molar-refractivity contribution in [1.82, 2.24) is 15.2 Å². The Morgan fingerprint density at radius 2 is 2.11 bits per heavy atom. The minimum atomic E-state index is -0.932. The Labute approximate surface area is 106 Å². The number of carbonyl (C=O) groups is 2. The maximum atomic E-state index is 11.2. The van der Waals surface area contributed by atoms with Crippen LogP contribution in [0.2, 0.25) is 0 Å². The molecule has 0 aliphatic rings. The van der Waals surface area contributed by atoms with Gasteiger partial charge in [-0.3, -0.25) is 4.79 Å². The summed E-state index contributed by atoms with van der Waals surface area (Å²) in [5.74, 6) is -1.00. The zero-order valence-electron chi connectivity index (χ0n) is 10.9. The maximum Gasteiger partial charge on any atom is 0.337 e. The summed E-state index contributed by atoms with van der Waals surface area (Å²) in [6, 6.07) is 1.63. The lowest BCUT2D eigenvalue weighted by atomic mass is 10.2. The van der Waals surface area contributed by atoms with Crippen LogP contribution in [0.1, 0.15) is 28.7 Å². The second kappa shape index (κ2) is 6.20. The highest BCUT2D eigenvalue weighted by atomic mass is 16.4. The van der Waals surface area contributed by atoms with E-state index in [2.05, 4.69) is 10.6 Å². The van der Waals surface area contributed by atoms with Crippen LogP contribution >= 0.6 is 0 Å². The number of carbonyl (C=O) groups excluding carboxylic acids is 1. The third-order valence-electron chi connectivity index (χ3n) is 2.83. The second-order valence-corrected chi connectivity index (χ2v) is 4.06. The predicted octanol–water partition coefficient (Wildman–Crippen LogP) is 0.257. The van der Waals surface area contributed by atoms with Crippen LogP contribution in [0.25, 0.3) is 0 Å². The highest BCUT2D eigenvalue weighted by Crippen LogP contribution is 2.13. The minimum Gasteiger partial charge on any atom is -0.478 e. The van der Waals surface area contributed by atoms with E-state index in [1.54, 1.807) is 13.0 Å². The van der Waals surface area contributed by atoms with Crippen LogP contribution in [0.4, 0.5) is 0 Å². The summed E-state index contributed by atoms with van der Waals surface area (Å²) in [5, 5.41) is 14.6. The van der Waals surface area contributed by atoms with Crippen molar-refractivity contribution in [3.8, 4) is 0 Å². The number of amides is 1. The monoisotopic (exact) mass is 253 g/mol. The Bertz CT molecular complexity index is 452. The second-order valence-electron chi connectivity index (χ2n) is 4.06. The summed E-state index contributed by atoms with van der Waals surface area (Å²) >= 11 is 0. The first kappa shape index (κ1) is 14.2. The van der Waals surface area contributed by atoms with Crippen molar-refractivity contribution < 1.29 is 14.7 Å². The summed E-state index contributed by atoms with van der Waals surface area (Å²) in [6.07, 6.45) is 0. The van der Waals surface area contributed by atoms with Gasteiger partial charge in [-0.05, 0) is 19.9 Å². The number of rotatable bonds is 6. The number of hydrogen-bond acceptors (Lipinski definition) is 3. The van der Waals surface area contributed by atoms with Crippen molar-refractivity contribution in [2.45, 2.75) is 20.4 Å². The standard InChI is InChI=1S/C12H19N3O3/c1-4-14-11(16)7-13-6-9-5-10(12(17)18)8(2)15(9)3/h5,13H,4,6-7H2,1-3H3,(H,14,16)(H,17,18). The molecule has 1 amide bonds. The molecule has 0 atom stereocenters. The topological polar surface area (TPSA) is 83.4 Å². The van der Waals surface area contributed by atoms with Gasteiger partial charge in [0.25, 0.3) is 0 Å². The van der Waals surface area contributed by atoms with E-state index in [1.807, 2.05) is 18.5 Å². The molecule has 0 spiro atoms. The lowest BCUT2D eigenvalue weighted by Gasteiger charge is -2.07. The van der Waals surface area contributed by atoms with Crippen LogP contribution in [0.15, 0.2) is 6.07 Å². The fourth-order valence-electron chi connectivity index (χ4n) is 1.71. The zero-order valence-corrected chi connectivity index (χ0v) is 10.9. The molecular weight excluding hydrogens is 234 g/mol. The van der Waals surface area contributed by atoms with Gasteiger partial charge < -0.3 is 20.3 Å². The van der Waals surface area contributed by atoms with Crippen LogP contribution in [0, 0.1) is 6.92 Å². The number of aromatic carboxylic acids is 1. The van der Waals surface area contributed by atoms with E-state index >= 15 is 0 Å². The lowest BCUT2D eigenvalue weighted by molar-refractivity contribution is -0.120. The van der Waals surface area contributed by atoms with Crippen molar-refractivity contribution in [2.24, 2.45) is 7.05 Å². The van der Waals surface area contributed by atoms with Gasteiger partial charge in [0, 0.05) is 31.5 Å². The first-order chi connectivity index (χ1) is 8.47. The van der Waals surface area contributed by atoms with Gasteiger partial charge in [-0.15, -0.1) is 0 Å². The fourth-order valence-corrected chi connectivity index (χ4v) is 1.71. The van der Waals surface area contributed by atoms with E-state index in [1.165, 1.54) is 0 Å². The highest BCUT2D eigenvalue weighted by Gasteiger charge is 2.14. The normalized spacial score (nSPS) is 10.4. The van der Waals surface area contributed by atoms with E-state index in [9.17, 15) is 9.59 Å². The maximum absolute atomic E-state index is 11.2. The van der Waals surface area contributed by atoms with Crippen LogP contribution in [-0.4, -0.2) is 34.6 Å². The molecule has 0 aliphatic heterocycles. The number of carboxylic acid groups (broad SMARTS) is 1. The Hall–Kier alpha value is -1.82. The number of likely N-dealkylation sites (N-methyl/N-ethyl adjacent to an activating group) is 1. The molecule has 1 aromatic heterocycles. The van der Waals surface area contributed by atoms with Gasteiger partial charge in [-0.25, -0.2) is 4.79 Å². The van der Waals surface area contributed by atoms with E-state index < -0.39 is 5.97 Å². The SMILES string of the molecule is CCNC(=O)CNCc1cc(C(=O)O)c(C)n1C. The van der Waals surface area contributed by atoms with Crippen LogP contribution in [0.3, 0.4) is 0 Å². The quantitative estimate of drug-likeness (QED) is 0.679. The predicted molar refractivity (Wildman–Crippen MR) is 67.5 cm³/mol. The number of hydrogen-bond donors (Lipinski definition) is 3. The summed E-state index contributed by atoms with van der Waals surface area (Å²) in [4.78, 5) is 22.2. The molecule has 0 radical (unpaired) electrons. The van der Waals surface area contributed by atoms with Crippen molar-refractivity contribution in [3.63, 3.8) is 0 Å². The molecule has 1 heterocycles. The molecule has 0 fully saturated rings. The molecule has 0 bridgehead atoms. The van der Waals surface area contributed by atoms with E-state index in [-0.39, 0.29) is 12.5 Å². The Morgan fingerprint density at radius 1 is 1.44 bits per heavy atom. The molecule has 1 rings (SSSR count). The molecule has 100 valence electrons. The van der Waals surface area contributed by atoms with Crippen LogP contribution < -0.4 is 10.6 Å². The van der Waals surface area contributed by atoms with E-state index in [0.717, 1.165) is 5.69 Å². The molecule has 0 aromatic carbocycles. The Kier molecular flexibility index (Phi) is 4.91. The molecule has 3 N–H and O–H groups in total. The van der Waals surface area contributed by atoms with Gasteiger partial charge in [0.1, 0.15) is 0 Å². The molecule has 0 aliphatic carbocycles. The Morgan fingerprint density at radius 3 is 2.61 bits per heavy atom. The third kappa shape index (κ3) is 3.33. The van der Waals surface area contributed by atoms with Crippen molar-refractivity contribution >= 4 is 11.9 Å². The lowest BCUT2D eigenvalue weighted by Crippen LogP contribution is -2.33. The smallest absolute Gasteiger partial charge is 0.337 e. The molecule has 0 saturated carbocycles. The van der Waals surface area contributed by atoms with Crippen LogP contribution in [-0.2, 0) is 18.4 Å². The minimum absolute atomic E-state index is 0.0677. The molecular formula is C12H19N3O3.